The van der Waals surface area contributed by atoms with Gasteiger partial charge in [0.2, 0.25) is 5.91 Å². The molecule has 2 aromatic heterocycles. The summed E-state index contributed by atoms with van der Waals surface area (Å²) in [5.41, 5.74) is 1.66. The Hall–Kier alpha value is -3.07. The number of nitrogens with zero attached hydrogens (tertiary/aromatic N) is 7. The van der Waals surface area contributed by atoms with E-state index in [2.05, 4.69) is 25.6 Å². The summed E-state index contributed by atoms with van der Waals surface area (Å²) >= 11 is 0. The lowest BCUT2D eigenvalue weighted by Gasteiger charge is -2.19. The van der Waals surface area contributed by atoms with Crippen LogP contribution >= 0.6 is 0 Å². The summed E-state index contributed by atoms with van der Waals surface area (Å²) in [6.07, 6.45) is 4.95. The SMILES string of the molecule is CN(Cc1cc(-c2ccccc2)on1)C(=O)Cn1nnnc1CN1CCCCCC1. The molecule has 0 N–H and O–H groups in total. The Kier molecular flexibility index (Phi) is 6.48. The third kappa shape index (κ3) is 5.10. The van der Waals surface area contributed by atoms with Gasteiger partial charge in [-0.3, -0.25) is 9.69 Å². The van der Waals surface area contributed by atoms with E-state index in [1.807, 2.05) is 36.4 Å². The Morgan fingerprint density at radius 2 is 1.90 bits per heavy atom. The van der Waals surface area contributed by atoms with Crippen LogP contribution in [0.2, 0.25) is 0 Å². The number of amides is 1. The van der Waals surface area contributed by atoms with Gasteiger partial charge < -0.3 is 9.42 Å². The van der Waals surface area contributed by atoms with Crippen LogP contribution in [0, 0.1) is 0 Å². The first kappa shape index (κ1) is 20.2. The van der Waals surface area contributed by atoms with Crippen molar-refractivity contribution in [2.24, 2.45) is 0 Å². The molecule has 1 aromatic carbocycles. The first-order chi connectivity index (χ1) is 14.7. The van der Waals surface area contributed by atoms with Crippen LogP contribution in [0.15, 0.2) is 40.9 Å². The van der Waals surface area contributed by atoms with Crippen LogP contribution in [0.3, 0.4) is 0 Å². The molecule has 0 unspecified atom stereocenters. The molecule has 9 nitrogen and oxygen atoms in total. The molecule has 0 bridgehead atoms. The molecule has 1 aliphatic rings. The number of benzene rings is 1. The molecule has 0 saturated carbocycles. The van der Waals surface area contributed by atoms with Gasteiger partial charge in [-0.25, -0.2) is 4.68 Å². The molecule has 9 heteroatoms. The first-order valence-electron chi connectivity index (χ1n) is 10.4. The van der Waals surface area contributed by atoms with Crippen LogP contribution in [-0.4, -0.2) is 61.2 Å². The van der Waals surface area contributed by atoms with Gasteiger partial charge in [0.1, 0.15) is 12.2 Å². The van der Waals surface area contributed by atoms with Crippen LogP contribution in [0.1, 0.15) is 37.2 Å². The summed E-state index contributed by atoms with van der Waals surface area (Å²) in [5.74, 6) is 1.33. The highest BCUT2D eigenvalue weighted by molar-refractivity contribution is 5.75. The highest BCUT2D eigenvalue weighted by atomic mass is 16.5. The zero-order chi connectivity index (χ0) is 20.8. The first-order valence-corrected chi connectivity index (χ1v) is 10.4. The topological polar surface area (TPSA) is 93.2 Å². The van der Waals surface area contributed by atoms with Crippen LogP contribution in [0.4, 0.5) is 0 Å². The summed E-state index contributed by atoms with van der Waals surface area (Å²) in [6.45, 7) is 3.25. The maximum atomic E-state index is 12.7. The quantitative estimate of drug-likeness (QED) is 0.591. The zero-order valence-electron chi connectivity index (χ0n) is 17.3. The minimum atomic E-state index is -0.0799. The van der Waals surface area contributed by atoms with Gasteiger partial charge in [-0.2, -0.15) is 0 Å². The maximum absolute atomic E-state index is 12.7. The lowest BCUT2D eigenvalue weighted by Crippen LogP contribution is -2.32. The summed E-state index contributed by atoms with van der Waals surface area (Å²) in [5, 5.41) is 16.0. The molecule has 4 rings (SSSR count). The van der Waals surface area contributed by atoms with Gasteiger partial charge in [0, 0.05) is 18.7 Å². The van der Waals surface area contributed by atoms with Gasteiger partial charge in [-0.05, 0) is 36.4 Å². The Morgan fingerprint density at radius 3 is 2.67 bits per heavy atom. The molecular formula is C21H27N7O2. The second-order valence-corrected chi connectivity index (χ2v) is 7.74. The van der Waals surface area contributed by atoms with E-state index in [4.69, 9.17) is 4.52 Å². The van der Waals surface area contributed by atoms with Gasteiger partial charge in [-0.1, -0.05) is 48.3 Å². The summed E-state index contributed by atoms with van der Waals surface area (Å²) in [7, 11) is 1.75. The van der Waals surface area contributed by atoms with E-state index in [0.717, 1.165) is 24.5 Å². The summed E-state index contributed by atoms with van der Waals surface area (Å²) in [4.78, 5) is 16.7. The molecule has 3 heterocycles. The van der Waals surface area contributed by atoms with Crippen molar-refractivity contribution in [2.75, 3.05) is 20.1 Å². The van der Waals surface area contributed by atoms with Crippen LogP contribution in [0.5, 0.6) is 0 Å². The lowest BCUT2D eigenvalue weighted by molar-refractivity contribution is -0.131. The van der Waals surface area contributed by atoms with E-state index in [-0.39, 0.29) is 12.5 Å². The van der Waals surface area contributed by atoms with E-state index in [1.54, 1.807) is 16.6 Å². The average Bonchev–Trinajstić information content (AvgIpc) is 3.32. The number of likely N-dealkylation sites (N-methyl/N-ethyl adjacent to an activating group) is 1. The van der Waals surface area contributed by atoms with E-state index in [9.17, 15) is 4.79 Å². The molecule has 0 radical (unpaired) electrons. The van der Waals surface area contributed by atoms with Gasteiger partial charge in [0.25, 0.3) is 0 Å². The van der Waals surface area contributed by atoms with E-state index < -0.39 is 0 Å². The second-order valence-electron chi connectivity index (χ2n) is 7.74. The minimum absolute atomic E-state index is 0.0799. The fourth-order valence-corrected chi connectivity index (χ4v) is 3.66. The Labute approximate surface area is 175 Å². The molecule has 0 atom stereocenters. The van der Waals surface area contributed by atoms with Crippen molar-refractivity contribution in [3.63, 3.8) is 0 Å². The third-order valence-electron chi connectivity index (χ3n) is 5.40. The van der Waals surface area contributed by atoms with E-state index in [1.165, 1.54) is 25.7 Å². The number of likely N-dealkylation sites (tertiary alicyclic amines) is 1. The van der Waals surface area contributed by atoms with Crippen LogP contribution in [0.25, 0.3) is 11.3 Å². The van der Waals surface area contributed by atoms with Crippen molar-refractivity contribution in [1.29, 1.82) is 0 Å². The van der Waals surface area contributed by atoms with Crippen molar-refractivity contribution in [3.05, 3.63) is 47.9 Å². The van der Waals surface area contributed by atoms with Crippen molar-refractivity contribution in [1.82, 2.24) is 35.2 Å². The zero-order valence-corrected chi connectivity index (χ0v) is 17.3. The molecule has 158 valence electrons. The monoisotopic (exact) mass is 409 g/mol. The number of hydrogen-bond donors (Lipinski definition) is 0. The van der Waals surface area contributed by atoms with Gasteiger partial charge >= 0.3 is 0 Å². The molecule has 1 fully saturated rings. The predicted molar refractivity (Wildman–Crippen MR) is 110 cm³/mol. The molecular weight excluding hydrogens is 382 g/mol. The Bertz CT molecular complexity index is 945. The van der Waals surface area contributed by atoms with Gasteiger partial charge in [0.15, 0.2) is 11.6 Å². The Balaban J connectivity index is 1.34. The fourth-order valence-electron chi connectivity index (χ4n) is 3.66. The Morgan fingerprint density at radius 1 is 1.13 bits per heavy atom. The second kappa shape index (κ2) is 9.62. The van der Waals surface area contributed by atoms with Crippen molar-refractivity contribution in [3.8, 4) is 11.3 Å². The molecule has 0 aliphatic carbocycles. The van der Waals surface area contributed by atoms with Gasteiger partial charge in [0.05, 0.1) is 13.1 Å². The molecule has 1 aliphatic heterocycles. The van der Waals surface area contributed by atoms with Crippen LogP contribution < -0.4 is 0 Å². The number of carbonyl (C=O) groups is 1. The molecule has 3 aromatic rings. The van der Waals surface area contributed by atoms with Crippen molar-refractivity contribution < 1.29 is 9.32 Å². The highest BCUT2D eigenvalue weighted by Crippen LogP contribution is 2.20. The number of carbonyl (C=O) groups excluding carboxylic acids is 1. The maximum Gasteiger partial charge on any atom is 0.244 e. The average molecular weight is 409 g/mol. The van der Waals surface area contributed by atoms with E-state index in [0.29, 0.717) is 24.5 Å². The summed E-state index contributed by atoms with van der Waals surface area (Å²) < 4.78 is 7.02. The number of tetrazole rings is 1. The third-order valence-corrected chi connectivity index (χ3v) is 5.40. The molecule has 1 amide bonds. The highest BCUT2D eigenvalue weighted by Gasteiger charge is 2.18. The molecule has 0 spiro atoms. The molecule has 1 saturated heterocycles. The smallest absolute Gasteiger partial charge is 0.244 e. The summed E-state index contributed by atoms with van der Waals surface area (Å²) in [6, 6.07) is 11.6. The lowest BCUT2D eigenvalue weighted by atomic mass is 10.1. The van der Waals surface area contributed by atoms with Crippen molar-refractivity contribution in [2.45, 2.75) is 45.3 Å². The number of aromatic nitrogens is 5. The standard InChI is InChI=1S/C21H27N7O2/c1-26(14-18-13-19(30-23-18)17-9-5-4-6-10-17)21(29)16-28-20(22-24-25-28)15-27-11-7-2-3-8-12-27/h4-6,9-10,13H,2-3,7-8,11-12,14-16H2,1H3. The normalized spacial score (nSPS) is 15.1. The van der Waals surface area contributed by atoms with Gasteiger partial charge in [-0.15, -0.1) is 5.10 Å². The number of rotatable bonds is 7. The molecule has 30 heavy (non-hydrogen) atoms. The van der Waals surface area contributed by atoms with Crippen molar-refractivity contribution >= 4 is 5.91 Å². The largest absolute Gasteiger partial charge is 0.356 e. The number of hydrogen-bond acceptors (Lipinski definition) is 7. The predicted octanol–water partition coefficient (Wildman–Crippen LogP) is 2.36. The fraction of sp³-hybridized carbons (Fsp3) is 0.476. The van der Waals surface area contributed by atoms with E-state index >= 15 is 0 Å². The van der Waals surface area contributed by atoms with Crippen LogP contribution in [-0.2, 0) is 24.4 Å². The minimum Gasteiger partial charge on any atom is -0.356 e.